The molecular formula is C13H12ClFN2. The van der Waals surface area contributed by atoms with E-state index < -0.39 is 0 Å². The molecule has 2 rings (SSSR count). The molecule has 0 radical (unpaired) electrons. The Hall–Kier alpha value is -1.61. The number of anilines is 1. The number of nitrogens with zero attached hydrogens (tertiary/aromatic N) is 1. The third-order valence-electron chi connectivity index (χ3n) is 2.36. The molecular weight excluding hydrogens is 239 g/mol. The standard InChI is InChI=1S/C13H12ClFN2/c14-13-9-12(5-7-17-13)16-6-4-10-2-1-3-11(15)8-10/h1-3,5,7-9H,4,6H2,(H,16,17). The molecule has 2 nitrogen and oxygen atoms in total. The minimum Gasteiger partial charge on any atom is -0.385 e. The summed E-state index contributed by atoms with van der Waals surface area (Å²) in [5.74, 6) is -0.200. The first kappa shape index (κ1) is 11.9. The summed E-state index contributed by atoms with van der Waals surface area (Å²) < 4.78 is 12.9. The van der Waals surface area contributed by atoms with Gasteiger partial charge in [0.05, 0.1) is 0 Å². The van der Waals surface area contributed by atoms with E-state index in [1.807, 2.05) is 12.1 Å². The number of nitrogens with one attached hydrogen (secondary N) is 1. The molecule has 2 aromatic rings. The Bertz CT molecular complexity index is 457. The van der Waals surface area contributed by atoms with Crippen LogP contribution in [-0.4, -0.2) is 11.5 Å². The third-order valence-corrected chi connectivity index (χ3v) is 2.57. The lowest BCUT2D eigenvalue weighted by Gasteiger charge is -2.06. The second-order valence-electron chi connectivity index (χ2n) is 3.67. The Morgan fingerprint density at radius 3 is 2.88 bits per heavy atom. The summed E-state index contributed by atoms with van der Waals surface area (Å²) in [6, 6.07) is 10.2. The van der Waals surface area contributed by atoms with Gasteiger partial charge in [-0.25, -0.2) is 9.37 Å². The van der Waals surface area contributed by atoms with Crippen LogP contribution < -0.4 is 5.32 Å². The second-order valence-corrected chi connectivity index (χ2v) is 4.06. The number of hydrogen-bond donors (Lipinski definition) is 1. The van der Waals surface area contributed by atoms with Crippen molar-refractivity contribution in [3.63, 3.8) is 0 Å². The molecule has 1 aromatic heterocycles. The molecule has 1 aromatic carbocycles. The average Bonchev–Trinajstić information content (AvgIpc) is 2.29. The Labute approximate surface area is 104 Å². The highest BCUT2D eigenvalue weighted by molar-refractivity contribution is 6.29. The molecule has 17 heavy (non-hydrogen) atoms. The van der Waals surface area contributed by atoms with Crippen LogP contribution in [0.3, 0.4) is 0 Å². The molecule has 0 saturated carbocycles. The van der Waals surface area contributed by atoms with Gasteiger partial charge in [-0.2, -0.15) is 0 Å². The minimum absolute atomic E-state index is 0.200. The van der Waals surface area contributed by atoms with E-state index in [0.29, 0.717) is 5.15 Å². The molecule has 0 aliphatic rings. The van der Waals surface area contributed by atoms with Crippen LogP contribution in [0.25, 0.3) is 0 Å². The monoisotopic (exact) mass is 250 g/mol. The summed E-state index contributed by atoms with van der Waals surface area (Å²) in [6.07, 6.45) is 2.41. The fourth-order valence-corrected chi connectivity index (χ4v) is 1.73. The SMILES string of the molecule is Fc1cccc(CCNc2ccnc(Cl)c2)c1. The molecule has 0 amide bonds. The number of halogens is 2. The molecule has 0 aliphatic heterocycles. The van der Waals surface area contributed by atoms with Crippen LogP contribution in [0.1, 0.15) is 5.56 Å². The number of aromatic nitrogens is 1. The molecule has 1 heterocycles. The summed E-state index contributed by atoms with van der Waals surface area (Å²) in [7, 11) is 0. The Kier molecular flexibility index (Phi) is 3.94. The van der Waals surface area contributed by atoms with Crippen LogP contribution in [-0.2, 0) is 6.42 Å². The first-order valence-electron chi connectivity index (χ1n) is 5.34. The predicted octanol–water partition coefficient (Wildman–Crippen LogP) is 3.53. The molecule has 0 saturated heterocycles. The number of rotatable bonds is 4. The fraction of sp³-hybridized carbons (Fsp3) is 0.154. The molecule has 0 bridgehead atoms. The molecule has 0 aliphatic carbocycles. The van der Waals surface area contributed by atoms with E-state index in [0.717, 1.165) is 24.2 Å². The lowest BCUT2D eigenvalue weighted by Crippen LogP contribution is -2.05. The maximum Gasteiger partial charge on any atom is 0.131 e. The van der Waals surface area contributed by atoms with Crippen LogP contribution in [0.2, 0.25) is 5.15 Å². The van der Waals surface area contributed by atoms with E-state index in [-0.39, 0.29) is 5.82 Å². The lowest BCUT2D eigenvalue weighted by atomic mass is 10.1. The molecule has 0 unspecified atom stereocenters. The first-order valence-corrected chi connectivity index (χ1v) is 5.72. The van der Waals surface area contributed by atoms with Crippen molar-refractivity contribution in [1.82, 2.24) is 4.98 Å². The highest BCUT2D eigenvalue weighted by Gasteiger charge is 1.97. The van der Waals surface area contributed by atoms with Gasteiger partial charge in [0.1, 0.15) is 11.0 Å². The Morgan fingerprint density at radius 1 is 1.24 bits per heavy atom. The zero-order chi connectivity index (χ0) is 12.1. The number of pyridine rings is 1. The van der Waals surface area contributed by atoms with Crippen molar-refractivity contribution in [2.75, 3.05) is 11.9 Å². The predicted molar refractivity (Wildman–Crippen MR) is 67.8 cm³/mol. The van der Waals surface area contributed by atoms with Crippen LogP contribution in [0.15, 0.2) is 42.6 Å². The van der Waals surface area contributed by atoms with E-state index in [9.17, 15) is 4.39 Å². The van der Waals surface area contributed by atoms with Gasteiger partial charge in [0.2, 0.25) is 0 Å². The molecule has 0 atom stereocenters. The highest BCUT2D eigenvalue weighted by atomic mass is 35.5. The number of hydrogen-bond acceptors (Lipinski definition) is 2. The zero-order valence-corrected chi connectivity index (χ0v) is 9.91. The Balaban J connectivity index is 1.87. The maximum atomic E-state index is 12.9. The fourth-order valence-electron chi connectivity index (χ4n) is 1.56. The van der Waals surface area contributed by atoms with E-state index in [4.69, 9.17) is 11.6 Å². The minimum atomic E-state index is -0.200. The smallest absolute Gasteiger partial charge is 0.131 e. The molecule has 0 fully saturated rings. The molecule has 1 N–H and O–H groups in total. The summed E-state index contributed by atoms with van der Waals surface area (Å²) in [6.45, 7) is 0.726. The first-order chi connectivity index (χ1) is 8.24. The largest absolute Gasteiger partial charge is 0.385 e. The summed E-state index contributed by atoms with van der Waals surface area (Å²) in [5.41, 5.74) is 1.89. The van der Waals surface area contributed by atoms with Crippen molar-refractivity contribution < 1.29 is 4.39 Å². The van der Waals surface area contributed by atoms with Crippen LogP contribution in [0.4, 0.5) is 10.1 Å². The van der Waals surface area contributed by atoms with E-state index in [1.165, 1.54) is 6.07 Å². The van der Waals surface area contributed by atoms with Gasteiger partial charge < -0.3 is 5.32 Å². The van der Waals surface area contributed by atoms with Crippen molar-refractivity contribution in [2.24, 2.45) is 0 Å². The highest BCUT2D eigenvalue weighted by Crippen LogP contribution is 2.12. The quantitative estimate of drug-likeness (QED) is 0.840. The van der Waals surface area contributed by atoms with Crippen molar-refractivity contribution in [3.05, 3.63) is 59.1 Å². The third kappa shape index (κ3) is 3.71. The van der Waals surface area contributed by atoms with Gasteiger partial charge in [0.25, 0.3) is 0 Å². The lowest BCUT2D eigenvalue weighted by molar-refractivity contribution is 0.625. The van der Waals surface area contributed by atoms with Crippen molar-refractivity contribution >= 4 is 17.3 Å². The van der Waals surface area contributed by atoms with Gasteiger partial charge in [-0.1, -0.05) is 23.7 Å². The van der Waals surface area contributed by atoms with Gasteiger partial charge in [-0.3, -0.25) is 0 Å². The number of benzene rings is 1. The van der Waals surface area contributed by atoms with Crippen molar-refractivity contribution in [2.45, 2.75) is 6.42 Å². The second kappa shape index (κ2) is 5.64. The van der Waals surface area contributed by atoms with Crippen LogP contribution in [0.5, 0.6) is 0 Å². The van der Waals surface area contributed by atoms with Gasteiger partial charge in [-0.05, 0) is 36.2 Å². The average molecular weight is 251 g/mol. The van der Waals surface area contributed by atoms with Crippen LogP contribution in [0, 0.1) is 5.82 Å². The van der Waals surface area contributed by atoms with Gasteiger partial charge >= 0.3 is 0 Å². The van der Waals surface area contributed by atoms with Crippen LogP contribution >= 0.6 is 11.6 Å². The molecule has 88 valence electrons. The maximum absolute atomic E-state index is 12.9. The normalized spacial score (nSPS) is 10.2. The van der Waals surface area contributed by atoms with Gasteiger partial charge in [0, 0.05) is 18.4 Å². The summed E-state index contributed by atoms with van der Waals surface area (Å²) in [4.78, 5) is 3.89. The topological polar surface area (TPSA) is 24.9 Å². The van der Waals surface area contributed by atoms with Crippen molar-refractivity contribution in [1.29, 1.82) is 0 Å². The molecule has 4 heteroatoms. The van der Waals surface area contributed by atoms with E-state index in [2.05, 4.69) is 10.3 Å². The Morgan fingerprint density at radius 2 is 2.12 bits per heavy atom. The zero-order valence-electron chi connectivity index (χ0n) is 9.16. The van der Waals surface area contributed by atoms with Gasteiger partial charge in [-0.15, -0.1) is 0 Å². The summed E-state index contributed by atoms with van der Waals surface area (Å²) in [5, 5.41) is 3.67. The molecule has 0 spiro atoms. The van der Waals surface area contributed by atoms with E-state index >= 15 is 0 Å². The van der Waals surface area contributed by atoms with Crippen molar-refractivity contribution in [3.8, 4) is 0 Å². The van der Waals surface area contributed by atoms with Gasteiger partial charge in [0.15, 0.2) is 0 Å². The summed E-state index contributed by atoms with van der Waals surface area (Å²) >= 11 is 5.76. The van der Waals surface area contributed by atoms with E-state index in [1.54, 1.807) is 24.4 Å².